The molecule has 0 bridgehead atoms. The summed E-state index contributed by atoms with van der Waals surface area (Å²) in [7, 11) is 0. The van der Waals surface area contributed by atoms with E-state index >= 15 is 0 Å². The van der Waals surface area contributed by atoms with Gasteiger partial charge in [0.25, 0.3) is 0 Å². The molecule has 0 spiro atoms. The number of aliphatic hydroxyl groups excluding tert-OH is 5. The SMILES string of the molecule is CC(O)C(=O)O.O=C(O)C(O)C(O)C(=O)O.O=C(O)C(O)C(O)C(=O)O. The van der Waals surface area contributed by atoms with Crippen LogP contribution in [0.3, 0.4) is 0 Å². The minimum absolute atomic E-state index is 1.19. The van der Waals surface area contributed by atoms with E-state index in [1.54, 1.807) is 0 Å². The minimum Gasteiger partial charge on any atom is -0.479 e. The summed E-state index contributed by atoms with van der Waals surface area (Å²) in [6.45, 7) is 1.20. The van der Waals surface area contributed by atoms with E-state index in [2.05, 4.69) is 0 Å². The third-order valence-corrected chi connectivity index (χ3v) is 1.97. The number of aliphatic carboxylic acids is 5. The van der Waals surface area contributed by atoms with E-state index in [0.29, 0.717) is 0 Å². The Morgan fingerprint density at radius 3 is 0.615 bits per heavy atom. The molecule has 0 heterocycles. The topological polar surface area (TPSA) is 288 Å². The molecule has 10 N–H and O–H groups in total. The maximum atomic E-state index is 9.77. The molecule has 0 rings (SSSR count). The van der Waals surface area contributed by atoms with Crippen LogP contribution in [0.2, 0.25) is 0 Å². The van der Waals surface area contributed by atoms with Crippen LogP contribution < -0.4 is 0 Å². The van der Waals surface area contributed by atoms with Crippen molar-refractivity contribution in [3.63, 3.8) is 0 Å². The molecule has 0 aromatic carbocycles. The average Bonchev–Trinajstić information content (AvgIpc) is 2.52. The molecule has 0 amide bonds. The van der Waals surface area contributed by atoms with Gasteiger partial charge in [-0.25, -0.2) is 24.0 Å². The van der Waals surface area contributed by atoms with Gasteiger partial charge in [0, 0.05) is 0 Å². The van der Waals surface area contributed by atoms with Crippen molar-refractivity contribution in [2.75, 3.05) is 0 Å². The van der Waals surface area contributed by atoms with Gasteiger partial charge in [-0.05, 0) is 6.92 Å². The summed E-state index contributed by atoms with van der Waals surface area (Å²) in [5.41, 5.74) is 0. The van der Waals surface area contributed by atoms with Gasteiger partial charge in [0.05, 0.1) is 0 Å². The number of carboxylic acids is 5. The number of carbonyl (C=O) groups is 5. The zero-order valence-electron chi connectivity index (χ0n) is 12.9. The maximum Gasteiger partial charge on any atom is 0.335 e. The van der Waals surface area contributed by atoms with Crippen LogP contribution in [0.25, 0.3) is 0 Å². The maximum absolute atomic E-state index is 9.77. The highest BCUT2D eigenvalue weighted by molar-refractivity contribution is 5.83. The molecule has 15 nitrogen and oxygen atoms in total. The van der Waals surface area contributed by atoms with Crippen LogP contribution in [0.5, 0.6) is 0 Å². The fraction of sp³-hybridized carbons (Fsp3) is 0.545. The van der Waals surface area contributed by atoms with Gasteiger partial charge in [-0.1, -0.05) is 0 Å². The van der Waals surface area contributed by atoms with Crippen molar-refractivity contribution in [2.45, 2.75) is 37.4 Å². The summed E-state index contributed by atoms with van der Waals surface area (Å²) in [6.07, 6.45) is -10.3. The van der Waals surface area contributed by atoms with E-state index in [1.807, 2.05) is 0 Å². The molecule has 0 saturated carbocycles. The van der Waals surface area contributed by atoms with Gasteiger partial charge in [-0.3, -0.25) is 0 Å². The van der Waals surface area contributed by atoms with Crippen molar-refractivity contribution in [3.05, 3.63) is 0 Å². The zero-order valence-corrected chi connectivity index (χ0v) is 12.9. The largest absolute Gasteiger partial charge is 0.479 e. The summed E-state index contributed by atoms with van der Waals surface area (Å²) >= 11 is 0. The molecule has 5 atom stereocenters. The highest BCUT2D eigenvalue weighted by Crippen LogP contribution is 1.93. The van der Waals surface area contributed by atoms with Crippen LogP contribution in [-0.4, -0.2) is 111 Å². The van der Waals surface area contributed by atoms with Crippen LogP contribution in [0.4, 0.5) is 0 Å². The van der Waals surface area contributed by atoms with Crippen LogP contribution in [-0.2, 0) is 24.0 Å². The van der Waals surface area contributed by atoms with E-state index in [4.69, 9.17) is 51.1 Å². The van der Waals surface area contributed by atoms with E-state index in [1.165, 1.54) is 6.92 Å². The van der Waals surface area contributed by atoms with Gasteiger partial charge in [0.2, 0.25) is 0 Å². The molecular weight excluding hydrogens is 372 g/mol. The normalized spacial score (nSPS) is 15.3. The Kier molecular flexibility index (Phi) is 14.5. The molecule has 0 fully saturated rings. The Labute approximate surface area is 143 Å². The van der Waals surface area contributed by atoms with Crippen molar-refractivity contribution in [1.29, 1.82) is 0 Å². The Balaban J connectivity index is -0.000000316. The van der Waals surface area contributed by atoms with Crippen molar-refractivity contribution in [1.82, 2.24) is 0 Å². The monoisotopic (exact) mass is 390 g/mol. The third kappa shape index (κ3) is 13.6. The second kappa shape index (κ2) is 13.4. The summed E-state index contributed by atoms with van der Waals surface area (Å²) in [4.78, 5) is 48.5. The van der Waals surface area contributed by atoms with Crippen LogP contribution in [0.15, 0.2) is 0 Å². The Bertz CT molecular complexity index is 426. The highest BCUT2D eigenvalue weighted by atomic mass is 16.4. The summed E-state index contributed by atoms with van der Waals surface area (Å²) in [5, 5.41) is 80.8. The van der Waals surface area contributed by atoms with Crippen molar-refractivity contribution >= 4 is 29.8 Å². The number of hydrogen-bond acceptors (Lipinski definition) is 10. The molecule has 5 unspecified atom stereocenters. The standard InChI is InChI=1S/2C4H6O6.C3H6O3/c2*5-1(3(7)8)2(6)4(9)10;1-2(4)3(5)6/h2*1-2,5-6H,(H,7,8)(H,9,10);2,4H,1H3,(H,5,6). The molecule has 152 valence electrons. The smallest absolute Gasteiger partial charge is 0.335 e. The lowest BCUT2D eigenvalue weighted by molar-refractivity contribution is -0.165. The molecular formula is C11H18O15. The first kappa shape index (κ1) is 28.0. The average molecular weight is 390 g/mol. The zero-order chi connectivity index (χ0) is 21.8. The first-order valence-corrected chi connectivity index (χ1v) is 6.12. The van der Waals surface area contributed by atoms with Crippen LogP contribution in [0.1, 0.15) is 6.92 Å². The molecule has 0 aromatic heterocycles. The van der Waals surface area contributed by atoms with E-state index in [9.17, 15) is 24.0 Å². The molecule has 0 aliphatic heterocycles. The van der Waals surface area contributed by atoms with Crippen LogP contribution in [0, 0.1) is 0 Å². The van der Waals surface area contributed by atoms with Gasteiger partial charge in [-0.15, -0.1) is 0 Å². The molecule has 0 saturated heterocycles. The molecule has 26 heavy (non-hydrogen) atoms. The first-order valence-electron chi connectivity index (χ1n) is 6.12. The third-order valence-electron chi connectivity index (χ3n) is 1.97. The van der Waals surface area contributed by atoms with Crippen molar-refractivity contribution in [2.24, 2.45) is 0 Å². The molecule has 0 aromatic rings. The fourth-order valence-electron chi connectivity index (χ4n) is 0.540. The van der Waals surface area contributed by atoms with E-state index in [-0.39, 0.29) is 0 Å². The van der Waals surface area contributed by atoms with Crippen LogP contribution >= 0.6 is 0 Å². The van der Waals surface area contributed by atoms with Gasteiger partial charge >= 0.3 is 29.8 Å². The Morgan fingerprint density at radius 1 is 0.462 bits per heavy atom. The minimum atomic E-state index is -2.27. The van der Waals surface area contributed by atoms with Crippen molar-refractivity contribution < 1.29 is 75.0 Å². The molecule has 0 aliphatic rings. The highest BCUT2D eigenvalue weighted by Gasteiger charge is 2.30. The van der Waals surface area contributed by atoms with Gasteiger partial charge in [0.1, 0.15) is 6.10 Å². The number of hydrogen-bond donors (Lipinski definition) is 10. The molecule has 15 heteroatoms. The van der Waals surface area contributed by atoms with Gasteiger partial charge < -0.3 is 51.1 Å². The summed E-state index contributed by atoms with van der Waals surface area (Å²) < 4.78 is 0. The quantitative estimate of drug-likeness (QED) is 0.195. The van der Waals surface area contributed by atoms with E-state index in [0.717, 1.165) is 0 Å². The lowest BCUT2D eigenvalue weighted by atomic mass is 10.2. The van der Waals surface area contributed by atoms with Gasteiger partial charge in [0.15, 0.2) is 24.4 Å². The predicted molar refractivity (Wildman–Crippen MR) is 73.9 cm³/mol. The second-order valence-electron chi connectivity index (χ2n) is 4.15. The number of rotatable bonds is 7. The van der Waals surface area contributed by atoms with Crippen molar-refractivity contribution in [3.8, 4) is 0 Å². The molecule has 0 radical (unpaired) electrons. The number of carboxylic acid groups (broad SMARTS) is 5. The summed E-state index contributed by atoms with van der Waals surface area (Å²) in [6, 6.07) is 0. The second-order valence-corrected chi connectivity index (χ2v) is 4.15. The number of aliphatic hydroxyl groups is 5. The Morgan fingerprint density at radius 2 is 0.577 bits per heavy atom. The Hall–Kier alpha value is -2.85. The lowest BCUT2D eigenvalue weighted by Gasteiger charge is -2.07. The lowest BCUT2D eigenvalue weighted by Crippen LogP contribution is -2.39. The summed E-state index contributed by atoms with van der Waals surface area (Å²) in [5.74, 6) is -8.26. The van der Waals surface area contributed by atoms with E-state index < -0.39 is 60.4 Å². The molecule has 0 aliphatic carbocycles. The van der Waals surface area contributed by atoms with Gasteiger partial charge in [-0.2, -0.15) is 0 Å². The first-order chi connectivity index (χ1) is 11.6. The predicted octanol–water partition coefficient (Wildman–Crippen LogP) is -4.79. The fourth-order valence-corrected chi connectivity index (χ4v) is 0.540.